The summed E-state index contributed by atoms with van der Waals surface area (Å²) >= 11 is 0. The van der Waals surface area contributed by atoms with E-state index in [1.54, 1.807) is 11.9 Å². The smallest absolute Gasteiger partial charge is 0.244 e. The third kappa shape index (κ3) is 2.77. The molecule has 2 rings (SSSR count). The lowest BCUT2D eigenvalue weighted by molar-refractivity contribution is -0.133. The van der Waals surface area contributed by atoms with Crippen molar-refractivity contribution in [2.75, 3.05) is 13.6 Å². The van der Waals surface area contributed by atoms with Gasteiger partial charge in [0.25, 0.3) is 0 Å². The Balaban J connectivity index is 1.86. The summed E-state index contributed by atoms with van der Waals surface area (Å²) in [4.78, 5) is 25.4. The molecule has 0 radical (unpaired) electrons. The molecule has 1 heterocycles. The van der Waals surface area contributed by atoms with Crippen molar-refractivity contribution in [2.24, 2.45) is 11.7 Å². The van der Waals surface area contributed by atoms with Crippen LogP contribution in [0.3, 0.4) is 0 Å². The predicted octanol–water partition coefficient (Wildman–Crippen LogP) is -0.149. The zero-order chi connectivity index (χ0) is 12.4. The van der Waals surface area contributed by atoms with Crippen LogP contribution in [0.25, 0.3) is 0 Å². The van der Waals surface area contributed by atoms with Gasteiger partial charge in [-0.1, -0.05) is 6.42 Å². The predicted molar refractivity (Wildman–Crippen MR) is 64.1 cm³/mol. The molecular formula is C12H21N3O2. The maximum Gasteiger partial charge on any atom is 0.244 e. The maximum atomic E-state index is 12.0. The second-order valence-electron chi connectivity index (χ2n) is 5.23. The van der Waals surface area contributed by atoms with E-state index in [1.165, 1.54) is 0 Å². The molecule has 0 aromatic rings. The van der Waals surface area contributed by atoms with E-state index in [0.29, 0.717) is 0 Å². The van der Waals surface area contributed by atoms with Crippen molar-refractivity contribution in [3.63, 3.8) is 0 Å². The number of nitrogens with zero attached hydrogens (tertiary/aromatic N) is 1. The lowest BCUT2D eigenvalue weighted by Crippen LogP contribution is -2.45. The van der Waals surface area contributed by atoms with Crippen molar-refractivity contribution < 1.29 is 9.59 Å². The number of amides is 2. The van der Waals surface area contributed by atoms with E-state index < -0.39 is 0 Å². The van der Waals surface area contributed by atoms with Crippen LogP contribution in [0.1, 0.15) is 32.1 Å². The van der Waals surface area contributed by atoms with E-state index in [0.717, 1.165) is 38.6 Å². The van der Waals surface area contributed by atoms with Gasteiger partial charge in [-0.05, 0) is 25.7 Å². The van der Waals surface area contributed by atoms with Crippen molar-refractivity contribution in [3.8, 4) is 0 Å². The van der Waals surface area contributed by atoms with Crippen LogP contribution in [0.5, 0.6) is 0 Å². The van der Waals surface area contributed by atoms with E-state index in [9.17, 15) is 9.59 Å². The van der Waals surface area contributed by atoms with Crippen LogP contribution in [0, 0.1) is 5.92 Å². The van der Waals surface area contributed by atoms with E-state index >= 15 is 0 Å². The fourth-order valence-corrected chi connectivity index (χ4v) is 2.71. The monoisotopic (exact) mass is 239 g/mol. The van der Waals surface area contributed by atoms with Gasteiger partial charge in [-0.25, -0.2) is 0 Å². The zero-order valence-corrected chi connectivity index (χ0v) is 10.3. The van der Waals surface area contributed by atoms with Gasteiger partial charge in [0.05, 0.1) is 0 Å². The first-order valence-corrected chi connectivity index (χ1v) is 6.39. The average molecular weight is 239 g/mol. The second kappa shape index (κ2) is 5.04. The highest BCUT2D eigenvalue weighted by Crippen LogP contribution is 2.23. The van der Waals surface area contributed by atoms with Crippen LogP contribution in [-0.4, -0.2) is 42.4 Å². The van der Waals surface area contributed by atoms with Crippen molar-refractivity contribution in [1.82, 2.24) is 10.2 Å². The molecule has 5 nitrogen and oxygen atoms in total. The number of hydrogen-bond donors (Lipinski definition) is 2. The van der Waals surface area contributed by atoms with Crippen molar-refractivity contribution in [1.29, 1.82) is 0 Å². The number of carbonyl (C=O) groups excluding carboxylic acids is 2. The van der Waals surface area contributed by atoms with Crippen LogP contribution < -0.4 is 11.1 Å². The number of hydrogen-bond acceptors (Lipinski definition) is 3. The molecule has 2 amide bonds. The molecular weight excluding hydrogens is 218 g/mol. The molecule has 0 bridgehead atoms. The maximum absolute atomic E-state index is 12.0. The lowest BCUT2D eigenvalue weighted by Gasteiger charge is -2.26. The van der Waals surface area contributed by atoms with Crippen LogP contribution in [0.2, 0.25) is 0 Å². The summed E-state index contributed by atoms with van der Waals surface area (Å²) in [5.41, 5.74) is 5.87. The van der Waals surface area contributed by atoms with Crippen molar-refractivity contribution in [3.05, 3.63) is 0 Å². The van der Waals surface area contributed by atoms with Gasteiger partial charge in [0.1, 0.15) is 6.04 Å². The zero-order valence-electron chi connectivity index (χ0n) is 10.3. The van der Waals surface area contributed by atoms with Gasteiger partial charge in [-0.3, -0.25) is 9.59 Å². The SMILES string of the molecule is CN1CCC(NC(=O)C2CCCC(N)C2)C1=O. The lowest BCUT2D eigenvalue weighted by atomic mass is 9.85. The number of likely N-dealkylation sites (N-methyl/N-ethyl adjacent to an activating group) is 1. The molecule has 0 aromatic carbocycles. The second-order valence-corrected chi connectivity index (χ2v) is 5.23. The molecule has 1 saturated carbocycles. The fourth-order valence-electron chi connectivity index (χ4n) is 2.71. The number of nitrogens with two attached hydrogens (primary N) is 1. The molecule has 1 aliphatic heterocycles. The molecule has 3 N–H and O–H groups in total. The van der Waals surface area contributed by atoms with Crippen molar-refractivity contribution >= 4 is 11.8 Å². The highest BCUT2D eigenvalue weighted by atomic mass is 16.2. The van der Waals surface area contributed by atoms with Gasteiger partial charge in [-0.15, -0.1) is 0 Å². The minimum Gasteiger partial charge on any atom is -0.344 e. The van der Waals surface area contributed by atoms with Gasteiger partial charge in [0, 0.05) is 25.6 Å². The van der Waals surface area contributed by atoms with Gasteiger partial charge in [0.2, 0.25) is 11.8 Å². The Hall–Kier alpha value is -1.10. The highest BCUT2D eigenvalue weighted by Gasteiger charge is 2.33. The summed E-state index contributed by atoms with van der Waals surface area (Å²) in [5.74, 6) is 0.0321. The molecule has 17 heavy (non-hydrogen) atoms. The van der Waals surface area contributed by atoms with Crippen LogP contribution >= 0.6 is 0 Å². The third-order valence-corrected chi connectivity index (χ3v) is 3.83. The minimum atomic E-state index is -0.314. The summed E-state index contributed by atoms with van der Waals surface area (Å²) in [6.07, 6.45) is 4.39. The minimum absolute atomic E-state index is 0.00236. The molecule has 3 unspecified atom stereocenters. The average Bonchev–Trinajstić information content (AvgIpc) is 2.61. The molecule has 0 spiro atoms. The third-order valence-electron chi connectivity index (χ3n) is 3.83. The molecule has 2 aliphatic rings. The largest absolute Gasteiger partial charge is 0.344 e. The van der Waals surface area contributed by atoms with Gasteiger partial charge in [0.15, 0.2) is 0 Å². The van der Waals surface area contributed by atoms with Crippen LogP contribution in [0.15, 0.2) is 0 Å². The first kappa shape index (κ1) is 12.4. The molecule has 0 aromatic heterocycles. The summed E-state index contributed by atoms with van der Waals surface area (Å²) < 4.78 is 0. The summed E-state index contributed by atoms with van der Waals surface area (Å²) in [6.45, 7) is 0.730. The van der Waals surface area contributed by atoms with Gasteiger partial charge < -0.3 is 16.0 Å². The molecule has 1 aliphatic carbocycles. The number of rotatable bonds is 2. The van der Waals surface area contributed by atoms with Gasteiger partial charge >= 0.3 is 0 Å². The van der Waals surface area contributed by atoms with E-state index in [1.807, 2.05) is 0 Å². The quantitative estimate of drug-likeness (QED) is 0.703. The van der Waals surface area contributed by atoms with Crippen molar-refractivity contribution in [2.45, 2.75) is 44.2 Å². The first-order chi connectivity index (χ1) is 8.08. The summed E-state index contributed by atoms with van der Waals surface area (Å²) in [5, 5.41) is 2.86. The van der Waals surface area contributed by atoms with E-state index in [4.69, 9.17) is 5.73 Å². The molecule has 96 valence electrons. The van der Waals surface area contributed by atoms with E-state index in [2.05, 4.69) is 5.32 Å². The van der Waals surface area contributed by atoms with Gasteiger partial charge in [-0.2, -0.15) is 0 Å². The number of nitrogens with one attached hydrogen (secondary N) is 1. The Morgan fingerprint density at radius 1 is 1.41 bits per heavy atom. The number of likely N-dealkylation sites (tertiary alicyclic amines) is 1. The Bertz CT molecular complexity index is 319. The normalized spacial score (nSPS) is 33.9. The Kier molecular flexibility index (Phi) is 3.66. The molecule has 5 heteroatoms. The number of carbonyl (C=O) groups is 2. The Labute approximate surface area is 102 Å². The highest BCUT2D eigenvalue weighted by molar-refractivity contribution is 5.89. The Morgan fingerprint density at radius 2 is 2.18 bits per heavy atom. The topological polar surface area (TPSA) is 75.4 Å². The van der Waals surface area contributed by atoms with Crippen LogP contribution in [-0.2, 0) is 9.59 Å². The molecule has 3 atom stereocenters. The summed E-state index contributed by atoms with van der Waals surface area (Å²) in [6, 6.07) is -0.174. The molecule has 2 fully saturated rings. The summed E-state index contributed by atoms with van der Waals surface area (Å²) in [7, 11) is 1.77. The van der Waals surface area contributed by atoms with Crippen LogP contribution in [0.4, 0.5) is 0 Å². The Morgan fingerprint density at radius 3 is 2.76 bits per heavy atom. The van der Waals surface area contributed by atoms with E-state index in [-0.39, 0.29) is 29.8 Å². The first-order valence-electron chi connectivity index (χ1n) is 6.39. The molecule has 1 saturated heterocycles. The fraction of sp³-hybridized carbons (Fsp3) is 0.833. The standard InChI is InChI=1S/C12H21N3O2/c1-15-6-5-10(12(15)17)14-11(16)8-3-2-4-9(13)7-8/h8-10H,2-7,13H2,1H3,(H,14,16).